The van der Waals surface area contributed by atoms with E-state index in [9.17, 15) is 19.7 Å². The van der Waals surface area contributed by atoms with Crippen LogP contribution in [0, 0.1) is 17.0 Å². The van der Waals surface area contributed by atoms with E-state index in [1.165, 1.54) is 19.2 Å². The number of nitrogens with zero attached hydrogens (tertiary/aromatic N) is 1. The normalized spacial score (nSPS) is 13.4. The molecule has 0 radical (unpaired) electrons. The predicted molar refractivity (Wildman–Crippen MR) is 131 cm³/mol. The number of carbonyl (C=O) groups excluding carboxylic acids is 2. The molecular weight excluding hydrogens is 450 g/mol. The number of nitro groups is 1. The van der Waals surface area contributed by atoms with Crippen LogP contribution in [0.15, 0.2) is 66.7 Å². The minimum atomic E-state index is -1.29. The van der Waals surface area contributed by atoms with Gasteiger partial charge in [0, 0.05) is 17.7 Å². The van der Waals surface area contributed by atoms with Crippen molar-refractivity contribution in [3.63, 3.8) is 0 Å². The molecule has 0 bridgehead atoms. The van der Waals surface area contributed by atoms with Gasteiger partial charge in [-0.2, -0.15) is 0 Å². The Balaban J connectivity index is 1.60. The van der Waals surface area contributed by atoms with E-state index in [1.54, 1.807) is 42.5 Å². The number of hydrogen-bond donors (Lipinski definition) is 2. The van der Waals surface area contributed by atoms with Gasteiger partial charge < -0.3 is 20.1 Å². The molecule has 4 rings (SSSR count). The summed E-state index contributed by atoms with van der Waals surface area (Å²) in [6, 6.07) is 18.2. The summed E-state index contributed by atoms with van der Waals surface area (Å²) in [6.45, 7) is 1.87. The van der Waals surface area contributed by atoms with Crippen molar-refractivity contribution >= 4 is 28.9 Å². The SMILES string of the molecule is COc1ccc(C)cc1NC(=O)C(OC(=O)c1ccc(NC2CC2)c([N+](=O)[O-])c1)c1ccccc1. The largest absolute Gasteiger partial charge is 0.495 e. The van der Waals surface area contributed by atoms with Crippen LogP contribution in [0.2, 0.25) is 0 Å². The Bertz CT molecular complexity index is 1260. The number of esters is 1. The molecular formula is C26H25N3O6. The number of carbonyl (C=O) groups is 2. The average Bonchev–Trinajstić information content (AvgIpc) is 3.67. The van der Waals surface area contributed by atoms with E-state index >= 15 is 0 Å². The second kappa shape index (κ2) is 10.3. The molecule has 3 aromatic rings. The quantitative estimate of drug-likeness (QED) is 0.253. The molecule has 0 heterocycles. The molecule has 0 aromatic heterocycles. The van der Waals surface area contributed by atoms with Gasteiger partial charge in [0.1, 0.15) is 11.4 Å². The van der Waals surface area contributed by atoms with Gasteiger partial charge in [-0.25, -0.2) is 4.79 Å². The van der Waals surface area contributed by atoms with Crippen molar-refractivity contribution in [1.29, 1.82) is 0 Å². The highest BCUT2D eigenvalue weighted by Crippen LogP contribution is 2.33. The number of nitro benzene ring substituents is 1. The first kappa shape index (κ1) is 23.7. The minimum Gasteiger partial charge on any atom is -0.495 e. The smallest absolute Gasteiger partial charge is 0.339 e. The summed E-state index contributed by atoms with van der Waals surface area (Å²) in [5, 5.41) is 17.4. The lowest BCUT2D eigenvalue weighted by Gasteiger charge is -2.19. The van der Waals surface area contributed by atoms with Gasteiger partial charge in [-0.05, 0) is 49.6 Å². The summed E-state index contributed by atoms with van der Waals surface area (Å²) in [5.74, 6) is -0.988. The van der Waals surface area contributed by atoms with Crippen LogP contribution in [0.1, 0.15) is 40.4 Å². The van der Waals surface area contributed by atoms with Crippen LogP contribution in [0.25, 0.3) is 0 Å². The number of rotatable bonds is 9. The molecule has 1 saturated carbocycles. The topological polar surface area (TPSA) is 120 Å². The molecule has 1 aliphatic rings. The fourth-order valence-corrected chi connectivity index (χ4v) is 3.57. The van der Waals surface area contributed by atoms with E-state index in [-0.39, 0.29) is 17.3 Å². The van der Waals surface area contributed by atoms with Crippen LogP contribution in [-0.2, 0) is 9.53 Å². The molecule has 3 aromatic carbocycles. The van der Waals surface area contributed by atoms with Crippen molar-refractivity contribution in [3.8, 4) is 5.75 Å². The van der Waals surface area contributed by atoms with Crippen molar-refractivity contribution < 1.29 is 24.0 Å². The molecule has 0 spiro atoms. The lowest BCUT2D eigenvalue weighted by atomic mass is 10.1. The maximum atomic E-state index is 13.3. The van der Waals surface area contributed by atoms with Crippen LogP contribution >= 0.6 is 0 Å². The third-order valence-electron chi connectivity index (χ3n) is 5.55. The van der Waals surface area contributed by atoms with Crippen LogP contribution in [0.3, 0.4) is 0 Å². The Kier molecular flexibility index (Phi) is 6.96. The van der Waals surface area contributed by atoms with E-state index in [4.69, 9.17) is 9.47 Å². The Morgan fingerprint density at radius 2 is 1.77 bits per heavy atom. The lowest BCUT2D eigenvalue weighted by molar-refractivity contribution is -0.384. The number of aryl methyl sites for hydroxylation is 1. The Labute approximate surface area is 202 Å². The maximum absolute atomic E-state index is 13.3. The Morgan fingerprint density at radius 1 is 1.03 bits per heavy atom. The minimum absolute atomic E-state index is 0.0279. The third-order valence-corrected chi connectivity index (χ3v) is 5.55. The predicted octanol–water partition coefficient (Wildman–Crippen LogP) is 5.02. The maximum Gasteiger partial charge on any atom is 0.339 e. The Morgan fingerprint density at radius 3 is 2.43 bits per heavy atom. The standard InChI is InChI=1S/C26H25N3O6/c1-16-8-13-23(34-2)21(14-16)28-25(30)24(17-6-4-3-5-7-17)35-26(31)18-9-12-20(27-19-10-11-19)22(15-18)29(32)33/h3-9,12-15,19,24,27H,10-11H2,1-2H3,(H,28,30). The number of anilines is 2. The molecule has 9 nitrogen and oxygen atoms in total. The molecule has 1 atom stereocenters. The molecule has 1 amide bonds. The number of ether oxygens (including phenoxy) is 2. The zero-order valence-electron chi connectivity index (χ0n) is 19.3. The van der Waals surface area contributed by atoms with E-state index in [2.05, 4.69) is 10.6 Å². The average molecular weight is 476 g/mol. The highest BCUT2D eigenvalue weighted by Gasteiger charge is 2.29. The summed E-state index contributed by atoms with van der Waals surface area (Å²) in [5.41, 5.74) is 1.88. The van der Waals surface area contributed by atoms with Gasteiger partial charge in [-0.1, -0.05) is 36.4 Å². The van der Waals surface area contributed by atoms with Gasteiger partial charge in [0.15, 0.2) is 0 Å². The third kappa shape index (κ3) is 5.75. The molecule has 9 heteroatoms. The van der Waals surface area contributed by atoms with Gasteiger partial charge in [0.05, 0.1) is 23.3 Å². The molecule has 0 saturated heterocycles. The first-order chi connectivity index (χ1) is 16.9. The van der Waals surface area contributed by atoms with E-state index < -0.39 is 22.9 Å². The number of methoxy groups -OCH3 is 1. The number of amides is 1. The van der Waals surface area contributed by atoms with Crippen molar-refractivity contribution in [2.75, 3.05) is 17.7 Å². The summed E-state index contributed by atoms with van der Waals surface area (Å²) >= 11 is 0. The van der Waals surface area contributed by atoms with Crippen LogP contribution in [-0.4, -0.2) is 30.0 Å². The zero-order chi connectivity index (χ0) is 24.9. The van der Waals surface area contributed by atoms with Crippen molar-refractivity contribution in [2.45, 2.75) is 31.9 Å². The summed E-state index contributed by atoms with van der Waals surface area (Å²) in [4.78, 5) is 37.3. The number of nitrogens with one attached hydrogen (secondary N) is 2. The van der Waals surface area contributed by atoms with Gasteiger partial charge in [0.2, 0.25) is 6.10 Å². The van der Waals surface area contributed by atoms with Gasteiger partial charge in [-0.3, -0.25) is 14.9 Å². The van der Waals surface area contributed by atoms with E-state index in [0.717, 1.165) is 24.5 Å². The number of hydrogen-bond acceptors (Lipinski definition) is 7. The highest BCUT2D eigenvalue weighted by atomic mass is 16.6. The van der Waals surface area contributed by atoms with Crippen molar-refractivity contribution in [3.05, 3.63) is 93.5 Å². The first-order valence-corrected chi connectivity index (χ1v) is 11.1. The summed E-state index contributed by atoms with van der Waals surface area (Å²) in [6.07, 6.45) is 0.596. The molecule has 1 aliphatic carbocycles. The number of benzene rings is 3. The van der Waals surface area contributed by atoms with Gasteiger partial charge in [0.25, 0.3) is 11.6 Å². The van der Waals surface area contributed by atoms with Gasteiger partial charge >= 0.3 is 5.97 Å². The van der Waals surface area contributed by atoms with Gasteiger partial charge in [-0.15, -0.1) is 0 Å². The van der Waals surface area contributed by atoms with Crippen molar-refractivity contribution in [1.82, 2.24) is 0 Å². The fraction of sp³-hybridized carbons (Fsp3) is 0.231. The molecule has 1 fully saturated rings. The second-order valence-electron chi connectivity index (χ2n) is 8.30. The molecule has 0 aliphatic heterocycles. The van der Waals surface area contributed by atoms with Crippen molar-refractivity contribution in [2.24, 2.45) is 0 Å². The molecule has 1 unspecified atom stereocenters. The van der Waals surface area contributed by atoms with E-state index in [1.807, 2.05) is 13.0 Å². The van der Waals surface area contributed by atoms with Crippen LogP contribution in [0.5, 0.6) is 5.75 Å². The molecule has 35 heavy (non-hydrogen) atoms. The van der Waals surface area contributed by atoms with Crippen LogP contribution < -0.4 is 15.4 Å². The lowest BCUT2D eigenvalue weighted by Crippen LogP contribution is -2.26. The zero-order valence-corrected chi connectivity index (χ0v) is 19.3. The first-order valence-electron chi connectivity index (χ1n) is 11.1. The van der Waals surface area contributed by atoms with Crippen LogP contribution in [0.4, 0.5) is 17.1 Å². The second-order valence-corrected chi connectivity index (χ2v) is 8.30. The monoisotopic (exact) mass is 475 g/mol. The van der Waals surface area contributed by atoms with E-state index in [0.29, 0.717) is 22.7 Å². The summed E-state index contributed by atoms with van der Waals surface area (Å²) < 4.78 is 10.9. The Hall–Kier alpha value is -4.40. The molecule has 2 N–H and O–H groups in total. The molecule has 180 valence electrons. The highest BCUT2D eigenvalue weighted by molar-refractivity contribution is 5.99. The fourth-order valence-electron chi connectivity index (χ4n) is 3.57. The summed E-state index contributed by atoms with van der Waals surface area (Å²) in [7, 11) is 1.49.